The Hall–Kier alpha value is -2.08. The number of carbonyl (C=O) groups is 2. The molecule has 0 aromatic heterocycles. The number of nitrogens with one attached hydrogen (secondary N) is 1. The first kappa shape index (κ1) is 16.0. The summed E-state index contributed by atoms with van der Waals surface area (Å²) in [5.41, 5.74) is -0.687. The summed E-state index contributed by atoms with van der Waals surface area (Å²) < 4.78 is 9.78. The molecule has 0 spiro atoms. The highest BCUT2D eigenvalue weighted by atomic mass is 16.6. The summed E-state index contributed by atoms with van der Waals surface area (Å²) in [6.07, 6.45) is -0.793. The number of hydrogen-bond donors (Lipinski definition) is 2. The molecule has 6 nitrogen and oxygen atoms in total. The number of amides is 1. The number of ether oxygens (including phenoxy) is 2. The van der Waals surface area contributed by atoms with Gasteiger partial charge in [0.1, 0.15) is 6.61 Å². The molecule has 0 bridgehead atoms. The van der Waals surface area contributed by atoms with Gasteiger partial charge in [-0.15, -0.1) is 0 Å². The standard InChI is InChI=1S/C14H19NO5/c1-3-19-12(17)14(2,10-16)15-13(18)20-9-11-7-5-4-6-8-11/h4-8,16H,3,9-10H2,1-2H3,(H,15,18)/t14-/m0/s1. The summed E-state index contributed by atoms with van der Waals surface area (Å²) in [6, 6.07) is 9.13. The Morgan fingerprint density at radius 2 is 1.90 bits per heavy atom. The predicted molar refractivity (Wildman–Crippen MR) is 71.9 cm³/mol. The van der Waals surface area contributed by atoms with Gasteiger partial charge >= 0.3 is 12.1 Å². The average molecular weight is 281 g/mol. The van der Waals surface area contributed by atoms with Crippen LogP contribution in [0.4, 0.5) is 4.79 Å². The van der Waals surface area contributed by atoms with E-state index in [1.54, 1.807) is 6.92 Å². The van der Waals surface area contributed by atoms with E-state index in [-0.39, 0.29) is 13.2 Å². The third-order valence-electron chi connectivity index (χ3n) is 2.63. The monoisotopic (exact) mass is 281 g/mol. The highest BCUT2D eigenvalue weighted by Gasteiger charge is 2.36. The second-order valence-electron chi connectivity index (χ2n) is 4.40. The van der Waals surface area contributed by atoms with Crippen LogP contribution in [0.5, 0.6) is 0 Å². The molecule has 0 aliphatic rings. The van der Waals surface area contributed by atoms with Gasteiger partial charge in [0.05, 0.1) is 13.2 Å². The number of aliphatic hydroxyl groups excluding tert-OH is 1. The lowest BCUT2D eigenvalue weighted by molar-refractivity contribution is -0.151. The molecule has 1 aromatic carbocycles. The van der Waals surface area contributed by atoms with Crippen LogP contribution in [0.25, 0.3) is 0 Å². The summed E-state index contributed by atoms with van der Waals surface area (Å²) in [4.78, 5) is 23.3. The van der Waals surface area contributed by atoms with Crippen LogP contribution < -0.4 is 5.32 Å². The van der Waals surface area contributed by atoms with Crippen LogP contribution in [0.1, 0.15) is 19.4 Å². The number of hydrogen-bond acceptors (Lipinski definition) is 5. The van der Waals surface area contributed by atoms with Crippen LogP contribution in [0.2, 0.25) is 0 Å². The van der Waals surface area contributed by atoms with Gasteiger partial charge in [-0.05, 0) is 19.4 Å². The summed E-state index contributed by atoms with van der Waals surface area (Å²) >= 11 is 0. The van der Waals surface area contributed by atoms with Gasteiger partial charge in [0, 0.05) is 0 Å². The van der Waals surface area contributed by atoms with E-state index >= 15 is 0 Å². The smallest absolute Gasteiger partial charge is 0.408 e. The fraction of sp³-hybridized carbons (Fsp3) is 0.429. The minimum Gasteiger partial charge on any atom is -0.464 e. The Kier molecular flexibility index (Phi) is 5.99. The third kappa shape index (κ3) is 4.55. The molecule has 2 N–H and O–H groups in total. The second-order valence-corrected chi connectivity index (χ2v) is 4.40. The second kappa shape index (κ2) is 7.49. The van der Waals surface area contributed by atoms with Crippen LogP contribution in [-0.2, 0) is 20.9 Å². The fourth-order valence-electron chi connectivity index (χ4n) is 1.43. The fourth-order valence-corrected chi connectivity index (χ4v) is 1.43. The van der Waals surface area contributed by atoms with E-state index in [1.165, 1.54) is 6.92 Å². The summed E-state index contributed by atoms with van der Waals surface area (Å²) in [6.45, 7) is 2.68. The minimum absolute atomic E-state index is 0.0804. The van der Waals surface area contributed by atoms with Crippen molar-refractivity contribution in [3.63, 3.8) is 0 Å². The Labute approximate surface area is 117 Å². The van der Waals surface area contributed by atoms with E-state index in [0.717, 1.165) is 5.56 Å². The van der Waals surface area contributed by atoms with Crippen LogP contribution in [0.3, 0.4) is 0 Å². The normalized spacial score (nSPS) is 13.2. The molecule has 1 aromatic rings. The minimum atomic E-state index is -1.51. The van der Waals surface area contributed by atoms with Crippen molar-refractivity contribution < 1.29 is 24.2 Å². The van der Waals surface area contributed by atoms with Crippen molar-refractivity contribution in [3.05, 3.63) is 35.9 Å². The largest absolute Gasteiger partial charge is 0.464 e. The lowest BCUT2D eigenvalue weighted by atomic mass is 10.1. The van der Waals surface area contributed by atoms with Crippen molar-refractivity contribution >= 4 is 12.1 Å². The molecule has 1 amide bonds. The Balaban J connectivity index is 2.53. The van der Waals surface area contributed by atoms with Crippen molar-refractivity contribution in [3.8, 4) is 0 Å². The molecular formula is C14H19NO5. The first-order chi connectivity index (χ1) is 9.51. The first-order valence-electron chi connectivity index (χ1n) is 6.28. The Bertz CT molecular complexity index is 448. The topological polar surface area (TPSA) is 84.9 Å². The van der Waals surface area contributed by atoms with Gasteiger partial charge in [-0.25, -0.2) is 9.59 Å². The van der Waals surface area contributed by atoms with Gasteiger partial charge in [0.25, 0.3) is 0 Å². The Morgan fingerprint density at radius 1 is 1.25 bits per heavy atom. The molecule has 0 aliphatic heterocycles. The quantitative estimate of drug-likeness (QED) is 0.766. The molecule has 20 heavy (non-hydrogen) atoms. The van der Waals surface area contributed by atoms with Crippen molar-refractivity contribution in [2.45, 2.75) is 26.0 Å². The Morgan fingerprint density at radius 3 is 2.45 bits per heavy atom. The number of alkyl carbamates (subject to hydrolysis) is 1. The lowest BCUT2D eigenvalue weighted by Gasteiger charge is -2.25. The maximum Gasteiger partial charge on any atom is 0.408 e. The number of carbonyl (C=O) groups excluding carboxylic acids is 2. The molecule has 0 aliphatic carbocycles. The zero-order chi connectivity index (χ0) is 15.0. The van der Waals surface area contributed by atoms with Gasteiger partial charge in [0.15, 0.2) is 5.54 Å². The molecule has 0 fully saturated rings. The van der Waals surface area contributed by atoms with E-state index in [4.69, 9.17) is 9.47 Å². The summed E-state index contributed by atoms with van der Waals surface area (Å²) in [7, 11) is 0. The van der Waals surface area contributed by atoms with E-state index in [0.29, 0.717) is 0 Å². The average Bonchev–Trinajstić information content (AvgIpc) is 2.46. The lowest BCUT2D eigenvalue weighted by Crippen LogP contribution is -2.55. The van der Waals surface area contributed by atoms with Crippen LogP contribution in [0, 0.1) is 0 Å². The van der Waals surface area contributed by atoms with E-state index in [9.17, 15) is 14.7 Å². The van der Waals surface area contributed by atoms with Gasteiger partial charge < -0.3 is 19.9 Å². The molecule has 0 heterocycles. The van der Waals surface area contributed by atoms with Gasteiger partial charge in [-0.1, -0.05) is 30.3 Å². The molecule has 0 unspecified atom stereocenters. The maximum atomic E-state index is 11.7. The maximum absolute atomic E-state index is 11.7. The van der Waals surface area contributed by atoms with Crippen LogP contribution in [-0.4, -0.2) is 35.9 Å². The van der Waals surface area contributed by atoms with Gasteiger partial charge in [-0.3, -0.25) is 0 Å². The zero-order valence-electron chi connectivity index (χ0n) is 11.6. The number of benzene rings is 1. The predicted octanol–water partition coefficient (Wildman–Crippen LogP) is 1.23. The van der Waals surface area contributed by atoms with Crippen molar-refractivity contribution in [2.75, 3.05) is 13.2 Å². The van der Waals surface area contributed by atoms with Gasteiger partial charge in [-0.2, -0.15) is 0 Å². The van der Waals surface area contributed by atoms with E-state index in [1.807, 2.05) is 30.3 Å². The third-order valence-corrected chi connectivity index (χ3v) is 2.63. The molecule has 0 saturated heterocycles. The first-order valence-corrected chi connectivity index (χ1v) is 6.28. The summed E-state index contributed by atoms with van der Waals surface area (Å²) in [5, 5.41) is 11.6. The number of rotatable bonds is 6. The zero-order valence-corrected chi connectivity index (χ0v) is 11.6. The van der Waals surface area contributed by atoms with Crippen molar-refractivity contribution in [1.82, 2.24) is 5.32 Å². The SMILES string of the molecule is CCOC(=O)[C@](C)(CO)NC(=O)OCc1ccccc1. The van der Waals surface area contributed by atoms with Gasteiger partial charge in [0.2, 0.25) is 0 Å². The van der Waals surface area contributed by atoms with Crippen LogP contribution in [0.15, 0.2) is 30.3 Å². The molecule has 0 radical (unpaired) electrons. The van der Waals surface area contributed by atoms with E-state index < -0.39 is 24.2 Å². The molecule has 0 saturated carbocycles. The van der Waals surface area contributed by atoms with E-state index in [2.05, 4.69) is 5.32 Å². The van der Waals surface area contributed by atoms with Crippen molar-refractivity contribution in [1.29, 1.82) is 0 Å². The molecule has 110 valence electrons. The van der Waals surface area contributed by atoms with Crippen LogP contribution >= 0.6 is 0 Å². The van der Waals surface area contributed by atoms with Crippen molar-refractivity contribution in [2.24, 2.45) is 0 Å². The highest BCUT2D eigenvalue weighted by molar-refractivity contribution is 5.85. The molecule has 6 heteroatoms. The molecule has 1 atom stereocenters. The molecular weight excluding hydrogens is 262 g/mol. The number of aliphatic hydroxyl groups is 1. The highest BCUT2D eigenvalue weighted by Crippen LogP contribution is 2.07. The summed E-state index contributed by atoms with van der Waals surface area (Å²) in [5.74, 6) is -0.709. The molecule has 1 rings (SSSR count). The number of esters is 1.